The lowest BCUT2D eigenvalue weighted by molar-refractivity contribution is -0.274. The predicted octanol–water partition coefficient (Wildman–Crippen LogP) is 8.15. The summed E-state index contributed by atoms with van der Waals surface area (Å²) in [7, 11) is 0. The number of benzene rings is 4. The molecule has 256 valence electrons. The standard InChI is InChI=1S/C39H39F3N2O5/c40-39(41,42)49-35-13-7-6-12-33(35)32-11-5-4-10-31(32)25-44-38(48)34(29-20-18-28(19-21-29)27-8-2-1-3-9-27)24-26-14-16-30(17-15-26)37(47)43-23-22-36(45)46/h4-7,10-21,27,34H,1-3,8-9,22-25H2,(H,43,47)(H,44,48)(H,45,46). The Labute approximate surface area is 283 Å². The molecule has 7 nitrogen and oxygen atoms in total. The third kappa shape index (κ3) is 9.95. The number of halogens is 3. The molecule has 4 aromatic carbocycles. The number of para-hydroxylation sites is 1. The summed E-state index contributed by atoms with van der Waals surface area (Å²) in [4.78, 5) is 37.2. The fourth-order valence-corrected chi connectivity index (χ4v) is 6.36. The van der Waals surface area contributed by atoms with Crippen molar-refractivity contribution in [3.63, 3.8) is 0 Å². The summed E-state index contributed by atoms with van der Waals surface area (Å²) in [6, 6.07) is 27.9. The molecule has 1 unspecified atom stereocenters. The Kier molecular flexibility index (Phi) is 11.7. The van der Waals surface area contributed by atoms with Crippen LogP contribution >= 0.6 is 0 Å². The van der Waals surface area contributed by atoms with Gasteiger partial charge in [-0.15, -0.1) is 13.2 Å². The van der Waals surface area contributed by atoms with E-state index in [0.717, 1.165) is 24.0 Å². The molecule has 5 rings (SSSR count). The summed E-state index contributed by atoms with van der Waals surface area (Å²) in [6.45, 7) is 0.0839. The number of alkyl halides is 3. The lowest BCUT2D eigenvalue weighted by Gasteiger charge is -2.23. The van der Waals surface area contributed by atoms with E-state index in [4.69, 9.17) is 5.11 Å². The molecule has 4 aromatic rings. The van der Waals surface area contributed by atoms with Gasteiger partial charge in [-0.05, 0) is 71.2 Å². The van der Waals surface area contributed by atoms with Crippen molar-refractivity contribution in [1.82, 2.24) is 10.6 Å². The Morgan fingerprint density at radius 1 is 0.796 bits per heavy atom. The normalized spacial score (nSPS) is 14.1. The fraction of sp³-hybridized carbons (Fsp3) is 0.308. The van der Waals surface area contributed by atoms with E-state index in [1.54, 1.807) is 60.7 Å². The number of carbonyl (C=O) groups is 3. The van der Waals surface area contributed by atoms with Gasteiger partial charge in [0.2, 0.25) is 5.91 Å². The van der Waals surface area contributed by atoms with Crippen LogP contribution in [-0.4, -0.2) is 35.8 Å². The minimum Gasteiger partial charge on any atom is -0.481 e. The largest absolute Gasteiger partial charge is 0.573 e. The molecule has 2 amide bonds. The molecule has 49 heavy (non-hydrogen) atoms. The summed E-state index contributed by atoms with van der Waals surface area (Å²) in [5.41, 5.74) is 4.66. The molecule has 0 spiro atoms. The Morgan fingerprint density at radius 2 is 1.45 bits per heavy atom. The van der Waals surface area contributed by atoms with E-state index in [1.165, 1.54) is 37.0 Å². The van der Waals surface area contributed by atoms with Crippen LogP contribution in [0.1, 0.15) is 83.0 Å². The van der Waals surface area contributed by atoms with Gasteiger partial charge in [0.25, 0.3) is 5.91 Å². The van der Waals surface area contributed by atoms with Gasteiger partial charge in [-0.1, -0.05) is 98.1 Å². The Bertz CT molecular complexity index is 1730. The van der Waals surface area contributed by atoms with E-state index in [9.17, 15) is 27.6 Å². The molecule has 1 fully saturated rings. The quantitative estimate of drug-likeness (QED) is 0.133. The van der Waals surface area contributed by atoms with Gasteiger partial charge in [0.15, 0.2) is 0 Å². The first-order valence-corrected chi connectivity index (χ1v) is 16.5. The molecular weight excluding hydrogens is 633 g/mol. The van der Waals surface area contributed by atoms with Crippen molar-refractivity contribution in [3.05, 3.63) is 125 Å². The molecule has 3 N–H and O–H groups in total. The second-order valence-electron chi connectivity index (χ2n) is 12.3. The van der Waals surface area contributed by atoms with Gasteiger partial charge in [0, 0.05) is 24.2 Å². The van der Waals surface area contributed by atoms with Crippen LogP contribution in [0.25, 0.3) is 11.1 Å². The molecule has 0 radical (unpaired) electrons. The average Bonchev–Trinajstić information content (AvgIpc) is 3.10. The lowest BCUT2D eigenvalue weighted by Crippen LogP contribution is -2.30. The topological polar surface area (TPSA) is 105 Å². The number of nitrogens with one attached hydrogen (secondary N) is 2. The second kappa shape index (κ2) is 16.3. The molecule has 0 aromatic heterocycles. The second-order valence-corrected chi connectivity index (χ2v) is 12.3. The molecule has 0 saturated heterocycles. The first-order valence-electron chi connectivity index (χ1n) is 16.5. The number of carboxylic acid groups (broad SMARTS) is 1. The minimum absolute atomic E-state index is 0.0130. The molecule has 0 aliphatic heterocycles. The zero-order valence-electron chi connectivity index (χ0n) is 27.0. The predicted molar refractivity (Wildman–Crippen MR) is 180 cm³/mol. The molecule has 0 bridgehead atoms. The lowest BCUT2D eigenvalue weighted by atomic mass is 9.83. The Morgan fingerprint density at radius 3 is 2.12 bits per heavy atom. The van der Waals surface area contributed by atoms with Crippen LogP contribution < -0.4 is 15.4 Å². The van der Waals surface area contributed by atoms with Gasteiger partial charge in [-0.3, -0.25) is 14.4 Å². The molecule has 1 aliphatic rings. The highest BCUT2D eigenvalue weighted by atomic mass is 19.4. The fourth-order valence-electron chi connectivity index (χ4n) is 6.36. The van der Waals surface area contributed by atoms with E-state index < -0.39 is 18.2 Å². The SMILES string of the molecule is O=C(O)CCNC(=O)c1ccc(CC(C(=O)NCc2ccccc2-c2ccccc2OC(F)(F)F)c2ccc(C3CCCCC3)cc2)cc1. The Balaban J connectivity index is 1.36. The molecule has 0 heterocycles. The summed E-state index contributed by atoms with van der Waals surface area (Å²) < 4.78 is 43.8. The minimum atomic E-state index is -4.86. The number of carboxylic acids is 1. The maximum Gasteiger partial charge on any atom is 0.573 e. The highest BCUT2D eigenvalue weighted by molar-refractivity contribution is 5.94. The van der Waals surface area contributed by atoms with Crippen molar-refractivity contribution < 1.29 is 37.4 Å². The number of hydrogen-bond acceptors (Lipinski definition) is 4. The third-order valence-corrected chi connectivity index (χ3v) is 8.89. The van der Waals surface area contributed by atoms with Crippen LogP contribution in [-0.2, 0) is 22.6 Å². The first kappa shape index (κ1) is 35.2. The van der Waals surface area contributed by atoms with E-state index in [-0.39, 0.29) is 42.6 Å². The van der Waals surface area contributed by atoms with Crippen LogP contribution in [0, 0.1) is 0 Å². The maximum atomic E-state index is 14.0. The van der Waals surface area contributed by atoms with Crippen LogP contribution in [0.4, 0.5) is 13.2 Å². The number of ether oxygens (including phenoxy) is 1. The highest BCUT2D eigenvalue weighted by Crippen LogP contribution is 2.36. The number of rotatable bonds is 13. The molecule has 1 atom stereocenters. The van der Waals surface area contributed by atoms with E-state index in [1.807, 2.05) is 12.1 Å². The van der Waals surface area contributed by atoms with Crippen molar-refractivity contribution >= 4 is 17.8 Å². The maximum absolute atomic E-state index is 14.0. The average molecular weight is 673 g/mol. The van der Waals surface area contributed by atoms with Crippen molar-refractivity contribution in [2.24, 2.45) is 0 Å². The molecular formula is C39H39F3N2O5. The van der Waals surface area contributed by atoms with Gasteiger partial charge in [-0.2, -0.15) is 0 Å². The van der Waals surface area contributed by atoms with Gasteiger partial charge in [0.1, 0.15) is 5.75 Å². The molecule has 1 aliphatic carbocycles. The van der Waals surface area contributed by atoms with Gasteiger partial charge >= 0.3 is 12.3 Å². The molecule has 10 heteroatoms. The van der Waals surface area contributed by atoms with Gasteiger partial charge < -0.3 is 20.5 Å². The summed E-state index contributed by atoms with van der Waals surface area (Å²) in [5.74, 6) is -2.07. The van der Waals surface area contributed by atoms with Gasteiger partial charge in [0.05, 0.1) is 12.3 Å². The molecule has 1 saturated carbocycles. The number of aliphatic carboxylic acids is 1. The number of carbonyl (C=O) groups excluding carboxylic acids is 2. The summed E-state index contributed by atoms with van der Waals surface area (Å²) in [6.07, 6.45) is 1.26. The van der Waals surface area contributed by atoms with E-state index >= 15 is 0 Å². The smallest absolute Gasteiger partial charge is 0.481 e. The monoisotopic (exact) mass is 672 g/mol. The zero-order chi connectivity index (χ0) is 34.8. The van der Waals surface area contributed by atoms with Crippen molar-refractivity contribution in [1.29, 1.82) is 0 Å². The van der Waals surface area contributed by atoms with E-state index in [0.29, 0.717) is 29.0 Å². The van der Waals surface area contributed by atoms with Crippen molar-refractivity contribution in [2.45, 2.75) is 69.7 Å². The zero-order valence-corrected chi connectivity index (χ0v) is 27.0. The van der Waals surface area contributed by atoms with E-state index in [2.05, 4.69) is 27.5 Å². The van der Waals surface area contributed by atoms with Crippen molar-refractivity contribution in [2.75, 3.05) is 6.54 Å². The summed E-state index contributed by atoms with van der Waals surface area (Å²) in [5, 5.41) is 14.4. The van der Waals surface area contributed by atoms with Crippen molar-refractivity contribution in [3.8, 4) is 16.9 Å². The summed E-state index contributed by atoms with van der Waals surface area (Å²) >= 11 is 0. The van der Waals surface area contributed by atoms with Crippen LogP contribution in [0.5, 0.6) is 5.75 Å². The highest BCUT2D eigenvalue weighted by Gasteiger charge is 2.32. The number of amides is 2. The third-order valence-electron chi connectivity index (χ3n) is 8.89. The Hall–Kier alpha value is -5.12. The van der Waals surface area contributed by atoms with Crippen LogP contribution in [0.2, 0.25) is 0 Å². The van der Waals surface area contributed by atoms with Crippen LogP contribution in [0.15, 0.2) is 97.1 Å². The first-order chi connectivity index (χ1) is 23.6. The number of hydrogen-bond donors (Lipinski definition) is 3. The van der Waals surface area contributed by atoms with Gasteiger partial charge in [-0.25, -0.2) is 0 Å². The van der Waals surface area contributed by atoms with Crippen LogP contribution in [0.3, 0.4) is 0 Å².